The summed E-state index contributed by atoms with van der Waals surface area (Å²) >= 11 is 0. The van der Waals surface area contributed by atoms with Crippen LogP contribution in [0.1, 0.15) is 59.0 Å². The molecule has 4 heteroatoms. The van der Waals surface area contributed by atoms with Gasteiger partial charge in [0, 0.05) is 0 Å². The largest absolute Gasteiger partial charge is 0.478 e. The first-order valence-corrected chi connectivity index (χ1v) is 8.15. The number of carbonyl (C=O) groups is 2. The molecule has 1 aliphatic rings. The van der Waals surface area contributed by atoms with Gasteiger partial charge < -0.3 is 9.84 Å². The lowest BCUT2D eigenvalue weighted by Gasteiger charge is -2.31. The monoisotopic (exact) mass is 336 g/mol. The fraction of sp³-hybridized carbons (Fsp3) is 0.238. The SMILES string of the molecule is CC1=CCC(C)(C)c2ccc(C(=O)Oc3ccc(C(=O)O)cc3)cc21. The van der Waals surface area contributed by atoms with Gasteiger partial charge in [-0.25, -0.2) is 9.59 Å². The maximum Gasteiger partial charge on any atom is 0.343 e. The van der Waals surface area contributed by atoms with Crippen LogP contribution in [0.2, 0.25) is 0 Å². The fourth-order valence-electron chi connectivity index (χ4n) is 3.05. The maximum atomic E-state index is 12.4. The molecule has 128 valence electrons. The van der Waals surface area contributed by atoms with Crippen molar-refractivity contribution in [1.29, 1.82) is 0 Å². The topological polar surface area (TPSA) is 63.6 Å². The van der Waals surface area contributed by atoms with Crippen LogP contribution in [0.3, 0.4) is 0 Å². The Morgan fingerprint density at radius 1 is 1.04 bits per heavy atom. The van der Waals surface area contributed by atoms with Gasteiger partial charge in [-0.05, 0) is 71.9 Å². The minimum absolute atomic E-state index is 0.0456. The molecular weight excluding hydrogens is 316 g/mol. The van der Waals surface area contributed by atoms with Crippen LogP contribution in [-0.2, 0) is 5.41 Å². The molecule has 0 spiro atoms. The lowest BCUT2D eigenvalue weighted by molar-refractivity contribution is 0.0696. The fourth-order valence-corrected chi connectivity index (χ4v) is 3.05. The van der Waals surface area contributed by atoms with Crippen molar-refractivity contribution in [1.82, 2.24) is 0 Å². The number of hydrogen-bond donors (Lipinski definition) is 1. The van der Waals surface area contributed by atoms with Crippen LogP contribution in [0.5, 0.6) is 5.75 Å². The third kappa shape index (κ3) is 3.33. The number of carbonyl (C=O) groups excluding carboxylic acids is 1. The van der Waals surface area contributed by atoms with Crippen LogP contribution in [-0.4, -0.2) is 17.0 Å². The van der Waals surface area contributed by atoms with E-state index in [1.54, 1.807) is 6.07 Å². The molecule has 25 heavy (non-hydrogen) atoms. The first kappa shape index (κ1) is 17.0. The summed E-state index contributed by atoms with van der Waals surface area (Å²) in [6.07, 6.45) is 3.17. The minimum Gasteiger partial charge on any atom is -0.478 e. The molecule has 0 amide bonds. The summed E-state index contributed by atoms with van der Waals surface area (Å²) in [6.45, 7) is 6.43. The van der Waals surface area contributed by atoms with Crippen LogP contribution in [0, 0.1) is 0 Å². The lowest BCUT2D eigenvalue weighted by Crippen LogP contribution is -2.22. The van der Waals surface area contributed by atoms with Crippen molar-refractivity contribution in [3.63, 3.8) is 0 Å². The summed E-state index contributed by atoms with van der Waals surface area (Å²) in [5.41, 5.74) is 4.14. The van der Waals surface area contributed by atoms with Crippen molar-refractivity contribution in [3.05, 3.63) is 70.8 Å². The van der Waals surface area contributed by atoms with Crippen molar-refractivity contribution in [3.8, 4) is 5.75 Å². The van der Waals surface area contributed by atoms with Crippen LogP contribution in [0.15, 0.2) is 48.5 Å². The number of ether oxygens (including phenoxy) is 1. The number of benzene rings is 2. The van der Waals surface area contributed by atoms with E-state index < -0.39 is 11.9 Å². The molecule has 4 nitrogen and oxygen atoms in total. The number of carboxylic acid groups (broad SMARTS) is 1. The lowest BCUT2D eigenvalue weighted by atomic mass is 9.73. The Kier molecular flexibility index (Phi) is 4.21. The van der Waals surface area contributed by atoms with Crippen molar-refractivity contribution < 1.29 is 19.4 Å². The molecule has 0 radical (unpaired) electrons. The van der Waals surface area contributed by atoms with Crippen LogP contribution < -0.4 is 4.74 Å². The van der Waals surface area contributed by atoms with E-state index in [4.69, 9.17) is 9.84 Å². The average Bonchev–Trinajstić information content (AvgIpc) is 2.58. The molecule has 0 aromatic heterocycles. The summed E-state index contributed by atoms with van der Waals surface area (Å²) < 4.78 is 5.36. The zero-order chi connectivity index (χ0) is 18.2. The molecule has 0 atom stereocenters. The zero-order valence-electron chi connectivity index (χ0n) is 14.5. The Morgan fingerprint density at radius 2 is 1.68 bits per heavy atom. The highest BCUT2D eigenvalue weighted by molar-refractivity contribution is 5.93. The molecule has 0 unspecified atom stereocenters. The Morgan fingerprint density at radius 3 is 2.32 bits per heavy atom. The molecule has 2 aromatic rings. The Balaban J connectivity index is 1.85. The highest BCUT2D eigenvalue weighted by atomic mass is 16.5. The molecule has 0 heterocycles. The molecule has 0 bridgehead atoms. The van der Waals surface area contributed by atoms with Gasteiger partial charge in [0.2, 0.25) is 0 Å². The van der Waals surface area contributed by atoms with Gasteiger partial charge in [-0.15, -0.1) is 0 Å². The van der Waals surface area contributed by atoms with E-state index in [9.17, 15) is 9.59 Å². The zero-order valence-corrected chi connectivity index (χ0v) is 14.5. The number of carboxylic acids is 1. The first-order chi connectivity index (χ1) is 11.8. The van der Waals surface area contributed by atoms with Crippen molar-refractivity contribution >= 4 is 17.5 Å². The van der Waals surface area contributed by atoms with E-state index in [-0.39, 0.29) is 11.0 Å². The molecule has 3 rings (SSSR count). The molecule has 0 fully saturated rings. The smallest absolute Gasteiger partial charge is 0.343 e. The van der Waals surface area contributed by atoms with Gasteiger partial charge in [-0.3, -0.25) is 0 Å². The second-order valence-corrected chi connectivity index (χ2v) is 6.95. The quantitative estimate of drug-likeness (QED) is 0.652. The molecule has 0 saturated carbocycles. The van der Waals surface area contributed by atoms with E-state index in [1.165, 1.54) is 29.8 Å². The number of aromatic carboxylic acids is 1. The van der Waals surface area contributed by atoms with E-state index >= 15 is 0 Å². The molecular formula is C21H20O4. The standard InChI is InChI=1S/C21H20O4/c1-13-10-11-21(2,3)18-9-6-15(12-17(13)18)20(24)25-16-7-4-14(5-8-16)19(22)23/h4-10,12H,11H2,1-3H3,(H,22,23). The van der Waals surface area contributed by atoms with Crippen LogP contribution in [0.25, 0.3) is 5.57 Å². The van der Waals surface area contributed by atoms with Gasteiger partial charge in [0.1, 0.15) is 5.75 Å². The molecule has 0 aliphatic heterocycles. The summed E-state index contributed by atoms with van der Waals surface area (Å²) in [7, 11) is 0. The van der Waals surface area contributed by atoms with Crippen LogP contribution in [0.4, 0.5) is 0 Å². The Bertz CT molecular complexity index is 873. The first-order valence-electron chi connectivity index (χ1n) is 8.15. The van der Waals surface area contributed by atoms with E-state index in [0.29, 0.717) is 11.3 Å². The minimum atomic E-state index is -1.02. The highest BCUT2D eigenvalue weighted by Crippen LogP contribution is 2.39. The van der Waals surface area contributed by atoms with Crippen LogP contribution >= 0.6 is 0 Å². The Labute approximate surface area is 146 Å². The third-order valence-corrected chi connectivity index (χ3v) is 4.64. The molecule has 1 N–H and O–H groups in total. The average molecular weight is 336 g/mol. The normalized spacial score (nSPS) is 15.1. The summed E-state index contributed by atoms with van der Waals surface area (Å²) in [4.78, 5) is 23.3. The molecule has 0 saturated heterocycles. The second kappa shape index (κ2) is 6.20. The van der Waals surface area contributed by atoms with Gasteiger partial charge in [0.05, 0.1) is 11.1 Å². The molecule has 1 aliphatic carbocycles. The van der Waals surface area contributed by atoms with E-state index in [0.717, 1.165) is 17.6 Å². The third-order valence-electron chi connectivity index (χ3n) is 4.64. The number of hydrogen-bond acceptors (Lipinski definition) is 3. The van der Waals surface area contributed by atoms with Gasteiger partial charge in [0.25, 0.3) is 0 Å². The van der Waals surface area contributed by atoms with Gasteiger partial charge in [0.15, 0.2) is 0 Å². The highest BCUT2D eigenvalue weighted by Gasteiger charge is 2.27. The predicted molar refractivity (Wildman–Crippen MR) is 96.1 cm³/mol. The maximum absolute atomic E-state index is 12.4. The van der Waals surface area contributed by atoms with Gasteiger partial charge in [-0.1, -0.05) is 26.0 Å². The summed E-state index contributed by atoms with van der Waals surface area (Å²) in [6, 6.07) is 11.4. The molecule has 2 aromatic carbocycles. The van der Waals surface area contributed by atoms with Crippen molar-refractivity contribution in [2.24, 2.45) is 0 Å². The number of fused-ring (bicyclic) bond motifs is 1. The van der Waals surface area contributed by atoms with E-state index in [1.807, 2.05) is 19.1 Å². The van der Waals surface area contributed by atoms with Gasteiger partial charge in [-0.2, -0.15) is 0 Å². The summed E-state index contributed by atoms with van der Waals surface area (Å²) in [5.74, 6) is -1.15. The number of allylic oxidation sites excluding steroid dienone is 2. The van der Waals surface area contributed by atoms with Gasteiger partial charge >= 0.3 is 11.9 Å². The number of esters is 1. The second-order valence-electron chi connectivity index (χ2n) is 6.95. The van der Waals surface area contributed by atoms with Crippen molar-refractivity contribution in [2.45, 2.75) is 32.6 Å². The van der Waals surface area contributed by atoms with E-state index in [2.05, 4.69) is 19.9 Å². The summed E-state index contributed by atoms with van der Waals surface area (Å²) in [5, 5.41) is 8.90. The predicted octanol–water partition coefficient (Wildman–Crippen LogP) is 4.69. The Hall–Kier alpha value is -2.88. The van der Waals surface area contributed by atoms with Crippen molar-refractivity contribution in [2.75, 3.05) is 0 Å². The number of rotatable bonds is 3.